The molecule has 0 aliphatic heterocycles. The van der Waals surface area contributed by atoms with Gasteiger partial charge in [0.1, 0.15) is 5.75 Å². The van der Waals surface area contributed by atoms with Crippen molar-refractivity contribution in [3.05, 3.63) is 60.3 Å². The minimum Gasteiger partial charge on any atom is -0.505 e. The van der Waals surface area contributed by atoms with E-state index in [0.29, 0.717) is 23.1 Å². The van der Waals surface area contributed by atoms with Gasteiger partial charge in [-0.15, -0.1) is 0 Å². The van der Waals surface area contributed by atoms with Crippen molar-refractivity contribution in [2.24, 2.45) is 0 Å². The lowest BCUT2D eigenvalue weighted by atomic mass is 10.1. The molecule has 1 aromatic carbocycles. The number of fused-ring (bicyclic) bond motifs is 1. The smallest absolute Gasteiger partial charge is 0.258 e. The highest BCUT2D eigenvalue weighted by Crippen LogP contribution is 2.26. The Labute approximate surface area is 127 Å². The Morgan fingerprint density at radius 3 is 2.77 bits per heavy atom. The van der Waals surface area contributed by atoms with Gasteiger partial charge in [-0.2, -0.15) is 0 Å². The highest BCUT2D eigenvalue weighted by atomic mass is 16.3. The van der Waals surface area contributed by atoms with E-state index in [1.54, 1.807) is 37.8 Å². The van der Waals surface area contributed by atoms with Crippen molar-refractivity contribution < 1.29 is 9.90 Å². The molecule has 1 N–H and O–H groups in total. The predicted molar refractivity (Wildman–Crippen MR) is 81.2 cm³/mol. The van der Waals surface area contributed by atoms with Crippen molar-refractivity contribution >= 4 is 16.8 Å². The minimum atomic E-state index is -0.290. The van der Waals surface area contributed by atoms with Crippen LogP contribution in [0, 0.1) is 0 Å². The lowest BCUT2D eigenvalue weighted by molar-refractivity contribution is 0.0782. The fourth-order valence-electron chi connectivity index (χ4n) is 2.27. The Hall–Kier alpha value is -3.02. The van der Waals surface area contributed by atoms with Gasteiger partial charge in [-0.3, -0.25) is 19.7 Å². The number of carbonyl (C=O) groups is 1. The van der Waals surface area contributed by atoms with Crippen molar-refractivity contribution in [3.8, 4) is 5.75 Å². The predicted octanol–water partition coefficient (Wildman–Crippen LogP) is 2.00. The van der Waals surface area contributed by atoms with E-state index >= 15 is 0 Å². The first kappa shape index (κ1) is 13.9. The molecule has 0 bridgehead atoms. The molecule has 0 unspecified atom stereocenters. The lowest BCUT2D eigenvalue weighted by Crippen LogP contribution is -2.27. The fourth-order valence-corrected chi connectivity index (χ4v) is 2.27. The third-order valence-corrected chi connectivity index (χ3v) is 3.33. The molecule has 0 radical (unpaired) electrons. The summed E-state index contributed by atoms with van der Waals surface area (Å²) in [4.78, 5) is 26.4. The van der Waals surface area contributed by atoms with Crippen LogP contribution in [0.15, 0.2) is 49.1 Å². The lowest BCUT2D eigenvalue weighted by Gasteiger charge is -2.18. The molecule has 3 rings (SSSR count). The van der Waals surface area contributed by atoms with Crippen molar-refractivity contribution in [1.82, 2.24) is 19.9 Å². The van der Waals surface area contributed by atoms with Crippen LogP contribution in [0.1, 0.15) is 16.1 Å². The number of pyridine rings is 1. The third-order valence-electron chi connectivity index (χ3n) is 3.33. The first-order chi connectivity index (χ1) is 10.7. The molecule has 0 saturated carbocycles. The van der Waals surface area contributed by atoms with Gasteiger partial charge in [-0.1, -0.05) is 18.2 Å². The van der Waals surface area contributed by atoms with Crippen molar-refractivity contribution in [1.29, 1.82) is 0 Å². The number of carbonyl (C=O) groups excluding carboxylic acids is 1. The molecule has 3 aromatic rings. The number of hydrogen-bond acceptors (Lipinski definition) is 5. The Morgan fingerprint density at radius 1 is 1.18 bits per heavy atom. The molecule has 0 aliphatic carbocycles. The van der Waals surface area contributed by atoms with E-state index < -0.39 is 0 Å². The number of benzene rings is 1. The highest BCUT2D eigenvalue weighted by Gasteiger charge is 2.20. The number of para-hydroxylation sites is 1. The highest BCUT2D eigenvalue weighted by molar-refractivity contribution is 6.08. The van der Waals surface area contributed by atoms with Gasteiger partial charge in [0.15, 0.2) is 0 Å². The van der Waals surface area contributed by atoms with Crippen LogP contribution in [0.5, 0.6) is 5.75 Å². The summed E-state index contributed by atoms with van der Waals surface area (Å²) in [5.41, 5.74) is 1.59. The maximum absolute atomic E-state index is 12.7. The van der Waals surface area contributed by atoms with Gasteiger partial charge in [0.2, 0.25) is 0 Å². The summed E-state index contributed by atoms with van der Waals surface area (Å²) in [5, 5.41) is 10.7. The normalized spacial score (nSPS) is 10.6. The van der Waals surface area contributed by atoms with Crippen LogP contribution in [0.2, 0.25) is 0 Å². The zero-order valence-electron chi connectivity index (χ0n) is 12.0. The third kappa shape index (κ3) is 2.58. The standard InChI is InChI=1S/C16H14N4O2/c1-20(10-11-8-17-6-7-18-11)16(22)15-12-4-2-3-5-13(12)19-9-14(15)21/h2-9,21H,10H2,1H3. The summed E-state index contributed by atoms with van der Waals surface area (Å²) in [6, 6.07) is 7.21. The van der Waals surface area contributed by atoms with Gasteiger partial charge < -0.3 is 10.0 Å². The van der Waals surface area contributed by atoms with E-state index in [1.165, 1.54) is 11.1 Å². The first-order valence-corrected chi connectivity index (χ1v) is 6.74. The second kappa shape index (κ2) is 5.77. The second-order valence-corrected chi connectivity index (χ2v) is 4.89. The summed E-state index contributed by atoms with van der Waals surface area (Å²) in [6.07, 6.45) is 6.06. The summed E-state index contributed by atoms with van der Waals surface area (Å²) < 4.78 is 0. The van der Waals surface area contributed by atoms with Gasteiger partial charge >= 0.3 is 0 Å². The average molecular weight is 294 g/mol. The number of amides is 1. The van der Waals surface area contributed by atoms with E-state index in [1.807, 2.05) is 12.1 Å². The molecule has 2 aromatic heterocycles. The largest absolute Gasteiger partial charge is 0.505 e. The van der Waals surface area contributed by atoms with Crippen LogP contribution in [0.4, 0.5) is 0 Å². The molecular weight excluding hydrogens is 280 g/mol. The monoisotopic (exact) mass is 294 g/mol. The fraction of sp³-hybridized carbons (Fsp3) is 0.125. The number of aromatic hydroxyl groups is 1. The van der Waals surface area contributed by atoms with Crippen molar-refractivity contribution in [3.63, 3.8) is 0 Å². The van der Waals surface area contributed by atoms with E-state index in [9.17, 15) is 9.90 Å². The van der Waals surface area contributed by atoms with Crippen LogP contribution in [-0.4, -0.2) is 37.9 Å². The van der Waals surface area contributed by atoms with E-state index in [-0.39, 0.29) is 17.2 Å². The molecule has 0 aliphatic rings. The van der Waals surface area contributed by atoms with Gasteiger partial charge in [0.25, 0.3) is 5.91 Å². The average Bonchev–Trinajstić information content (AvgIpc) is 2.55. The van der Waals surface area contributed by atoms with E-state index in [0.717, 1.165) is 0 Å². The summed E-state index contributed by atoms with van der Waals surface area (Å²) >= 11 is 0. The Kier molecular flexibility index (Phi) is 3.65. The quantitative estimate of drug-likeness (QED) is 0.799. The number of aromatic nitrogens is 3. The zero-order valence-corrected chi connectivity index (χ0v) is 12.0. The Morgan fingerprint density at radius 2 is 2.00 bits per heavy atom. The van der Waals surface area contributed by atoms with Gasteiger partial charge in [0.05, 0.1) is 35.7 Å². The molecular formula is C16H14N4O2. The maximum atomic E-state index is 12.7. The summed E-state index contributed by atoms with van der Waals surface area (Å²) in [6.45, 7) is 0.308. The SMILES string of the molecule is CN(Cc1cnccn1)C(=O)c1c(O)cnc2ccccc12. The van der Waals surface area contributed by atoms with Crippen LogP contribution in [0.3, 0.4) is 0 Å². The molecule has 0 saturated heterocycles. The van der Waals surface area contributed by atoms with E-state index in [2.05, 4.69) is 15.0 Å². The topological polar surface area (TPSA) is 79.2 Å². The molecule has 1 amide bonds. The molecule has 2 heterocycles. The van der Waals surface area contributed by atoms with Crippen LogP contribution in [0.25, 0.3) is 10.9 Å². The number of nitrogens with zero attached hydrogens (tertiary/aromatic N) is 4. The number of hydrogen-bond donors (Lipinski definition) is 1. The first-order valence-electron chi connectivity index (χ1n) is 6.74. The molecule has 110 valence electrons. The minimum absolute atomic E-state index is 0.130. The van der Waals surface area contributed by atoms with Crippen LogP contribution < -0.4 is 0 Å². The number of rotatable bonds is 3. The maximum Gasteiger partial charge on any atom is 0.258 e. The molecule has 0 spiro atoms. The van der Waals surface area contributed by atoms with Crippen LogP contribution >= 0.6 is 0 Å². The van der Waals surface area contributed by atoms with Gasteiger partial charge in [-0.05, 0) is 6.07 Å². The summed E-state index contributed by atoms with van der Waals surface area (Å²) in [7, 11) is 1.66. The molecule has 0 fully saturated rings. The summed E-state index contributed by atoms with van der Waals surface area (Å²) in [5.74, 6) is -0.420. The van der Waals surface area contributed by atoms with Crippen molar-refractivity contribution in [2.75, 3.05) is 7.05 Å². The van der Waals surface area contributed by atoms with Gasteiger partial charge in [0, 0.05) is 24.8 Å². The van der Waals surface area contributed by atoms with E-state index in [4.69, 9.17) is 0 Å². The molecule has 6 nitrogen and oxygen atoms in total. The van der Waals surface area contributed by atoms with Crippen LogP contribution in [-0.2, 0) is 6.54 Å². The zero-order chi connectivity index (χ0) is 15.5. The Balaban J connectivity index is 1.96. The van der Waals surface area contributed by atoms with Gasteiger partial charge in [-0.25, -0.2) is 0 Å². The molecule has 22 heavy (non-hydrogen) atoms. The molecule has 6 heteroatoms. The van der Waals surface area contributed by atoms with Crippen molar-refractivity contribution in [2.45, 2.75) is 6.54 Å². The molecule has 0 atom stereocenters. The Bertz CT molecular complexity index is 821. The second-order valence-electron chi connectivity index (χ2n) is 4.89.